The summed E-state index contributed by atoms with van der Waals surface area (Å²) < 4.78 is 0. The zero-order valence-corrected chi connectivity index (χ0v) is 11.6. The first kappa shape index (κ1) is 14.7. The quantitative estimate of drug-likeness (QED) is 0.788. The molecule has 0 unspecified atom stereocenters. The van der Waals surface area contributed by atoms with E-state index in [0.717, 1.165) is 18.3 Å². The minimum Gasteiger partial charge on any atom is -0.508 e. The maximum atomic E-state index is 11.4. The Morgan fingerprint density at radius 2 is 1.78 bits per heavy atom. The first-order chi connectivity index (χ1) is 8.45. The predicted molar refractivity (Wildman–Crippen MR) is 73.5 cm³/mol. The number of phenols is 1. The minimum absolute atomic E-state index is 0.0236. The minimum atomic E-state index is -0.0236. The van der Waals surface area contributed by atoms with Crippen molar-refractivity contribution in [2.45, 2.75) is 26.3 Å². The molecule has 2 atom stereocenters. The SMILES string of the molecule is CC(C)C[C@H](C=O)[C@@H](c1ccc(O)cc1)N(C)C. The van der Waals surface area contributed by atoms with Crippen LogP contribution in [0, 0.1) is 11.8 Å². The van der Waals surface area contributed by atoms with Crippen molar-refractivity contribution in [3.8, 4) is 5.75 Å². The van der Waals surface area contributed by atoms with Crippen LogP contribution >= 0.6 is 0 Å². The van der Waals surface area contributed by atoms with Gasteiger partial charge in [0.15, 0.2) is 0 Å². The predicted octanol–water partition coefficient (Wildman–Crippen LogP) is 2.86. The molecule has 18 heavy (non-hydrogen) atoms. The summed E-state index contributed by atoms with van der Waals surface area (Å²) in [7, 11) is 3.96. The fourth-order valence-electron chi connectivity index (χ4n) is 2.40. The number of nitrogens with zero attached hydrogens (tertiary/aromatic N) is 1. The fraction of sp³-hybridized carbons (Fsp3) is 0.533. The lowest BCUT2D eigenvalue weighted by molar-refractivity contribution is -0.113. The molecule has 3 nitrogen and oxygen atoms in total. The Hall–Kier alpha value is -1.35. The standard InChI is InChI=1S/C15H23NO2/c1-11(2)9-13(10-17)15(16(3)4)12-5-7-14(18)8-6-12/h5-8,10-11,13,15,18H,9H2,1-4H3/t13-,15-/m1/s1. The molecular formula is C15H23NO2. The van der Waals surface area contributed by atoms with Crippen molar-refractivity contribution in [2.75, 3.05) is 14.1 Å². The first-order valence-corrected chi connectivity index (χ1v) is 6.36. The molecule has 0 aliphatic heterocycles. The van der Waals surface area contributed by atoms with Crippen molar-refractivity contribution in [2.24, 2.45) is 11.8 Å². The molecule has 100 valence electrons. The topological polar surface area (TPSA) is 40.5 Å². The largest absolute Gasteiger partial charge is 0.508 e. The summed E-state index contributed by atoms with van der Waals surface area (Å²) in [5.74, 6) is 0.715. The zero-order chi connectivity index (χ0) is 13.7. The molecular weight excluding hydrogens is 226 g/mol. The number of aromatic hydroxyl groups is 1. The van der Waals surface area contributed by atoms with E-state index in [9.17, 15) is 9.90 Å². The van der Waals surface area contributed by atoms with Crippen LogP contribution in [0.2, 0.25) is 0 Å². The molecule has 0 aliphatic rings. The highest BCUT2D eigenvalue weighted by Crippen LogP contribution is 2.30. The van der Waals surface area contributed by atoms with Crippen LogP contribution in [0.25, 0.3) is 0 Å². The summed E-state index contributed by atoms with van der Waals surface area (Å²) in [4.78, 5) is 13.4. The van der Waals surface area contributed by atoms with Crippen molar-refractivity contribution in [3.63, 3.8) is 0 Å². The van der Waals surface area contributed by atoms with Gasteiger partial charge in [-0.1, -0.05) is 26.0 Å². The average molecular weight is 249 g/mol. The third-order valence-electron chi connectivity index (χ3n) is 3.11. The summed E-state index contributed by atoms with van der Waals surface area (Å²) in [6.07, 6.45) is 1.92. The van der Waals surface area contributed by atoms with E-state index < -0.39 is 0 Å². The molecule has 1 N–H and O–H groups in total. The zero-order valence-electron chi connectivity index (χ0n) is 11.6. The number of aldehydes is 1. The third-order valence-corrected chi connectivity index (χ3v) is 3.11. The van der Waals surface area contributed by atoms with Crippen LogP contribution in [-0.2, 0) is 4.79 Å². The number of hydrogen-bond acceptors (Lipinski definition) is 3. The molecule has 1 rings (SSSR count). The molecule has 0 amide bonds. The van der Waals surface area contributed by atoms with Gasteiger partial charge in [-0.25, -0.2) is 0 Å². The number of rotatable bonds is 6. The summed E-state index contributed by atoms with van der Waals surface area (Å²) in [5.41, 5.74) is 1.07. The molecule has 1 aromatic rings. The van der Waals surface area contributed by atoms with Crippen LogP contribution in [0.15, 0.2) is 24.3 Å². The van der Waals surface area contributed by atoms with Gasteiger partial charge in [-0.2, -0.15) is 0 Å². The van der Waals surface area contributed by atoms with Crippen LogP contribution in [-0.4, -0.2) is 30.4 Å². The van der Waals surface area contributed by atoms with Crippen LogP contribution in [0.1, 0.15) is 31.9 Å². The average Bonchev–Trinajstić information content (AvgIpc) is 2.29. The number of carbonyl (C=O) groups is 1. The Kier molecular flexibility index (Phi) is 5.35. The second-order valence-electron chi connectivity index (χ2n) is 5.43. The fourth-order valence-corrected chi connectivity index (χ4v) is 2.40. The molecule has 0 spiro atoms. The molecule has 3 heteroatoms. The smallest absolute Gasteiger partial charge is 0.124 e. The molecule has 0 aromatic heterocycles. The molecule has 0 bridgehead atoms. The summed E-state index contributed by atoms with van der Waals surface area (Å²) in [6, 6.07) is 7.17. The van der Waals surface area contributed by atoms with Crippen LogP contribution in [0.3, 0.4) is 0 Å². The molecule has 1 aromatic carbocycles. The molecule has 0 saturated heterocycles. The van der Waals surface area contributed by atoms with Crippen LogP contribution in [0.4, 0.5) is 0 Å². The number of carbonyl (C=O) groups excluding carboxylic acids is 1. The van der Waals surface area contributed by atoms with E-state index >= 15 is 0 Å². The van der Waals surface area contributed by atoms with Crippen molar-refractivity contribution in [1.29, 1.82) is 0 Å². The number of benzene rings is 1. The second kappa shape index (κ2) is 6.55. The Balaban J connectivity index is 3.00. The monoisotopic (exact) mass is 249 g/mol. The highest BCUT2D eigenvalue weighted by Gasteiger charge is 2.25. The normalized spacial score (nSPS) is 14.8. The Morgan fingerprint density at radius 3 is 2.17 bits per heavy atom. The van der Waals surface area contributed by atoms with Crippen molar-refractivity contribution < 1.29 is 9.90 Å². The van der Waals surface area contributed by atoms with Crippen molar-refractivity contribution in [3.05, 3.63) is 29.8 Å². The van der Waals surface area contributed by atoms with E-state index in [1.807, 2.05) is 26.2 Å². The number of hydrogen-bond donors (Lipinski definition) is 1. The van der Waals surface area contributed by atoms with Gasteiger partial charge in [-0.15, -0.1) is 0 Å². The van der Waals surface area contributed by atoms with Crippen molar-refractivity contribution in [1.82, 2.24) is 4.90 Å². The molecule has 0 saturated carbocycles. The van der Waals surface area contributed by atoms with E-state index in [1.54, 1.807) is 12.1 Å². The summed E-state index contributed by atoms with van der Waals surface area (Å²) >= 11 is 0. The summed E-state index contributed by atoms with van der Waals surface area (Å²) in [6.45, 7) is 4.25. The number of phenolic OH excluding ortho intramolecular Hbond substituents is 1. The highest BCUT2D eigenvalue weighted by molar-refractivity contribution is 5.56. The Bertz CT molecular complexity index is 371. The van der Waals surface area contributed by atoms with Crippen molar-refractivity contribution >= 4 is 6.29 Å². The van der Waals surface area contributed by atoms with Crippen LogP contribution < -0.4 is 0 Å². The maximum Gasteiger partial charge on any atom is 0.124 e. The molecule has 0 fully saturated rings. The van der Waals surface area contributed by atoms with E-state index in [2.05, 4.69) is 18.7 Å². The van der Waals surface area contributed by atoms with Gasteiger partial charge in [0.2, 0.25) is 0 Å². The van der Waals surface area contributed by atoms with Gasteiger partial charge in [0.25, 0.3) is 0 Å². The van der Waals surface area contributed by atoms with E-state index in [-0.39, 0.29) is 17.7 Å². The molecule has 0 radical (unpaired) electrons. The second-order valence-corrected chi connectivity index (χ2v) is 5.43. The van der Waals surface area contributed by atoms with E-state index in [0.29, 0.717) is 5.92 Å². The van der Waals surface area contributed by atoms with Gasteiger partial charge in [0.05, 0.1) is 0 Å². The first-order valence-electron chi connectivity index (χ1n) is 6.36. The van der Waals surface area contributed by atoms with Crippen LogP contribution in [0.5, 0.6) is 5.75 Å². The highest BCUT2D eigenvalue weighted by atomic mass is 16.3. The maximum absolute atomic E-state index is 11.4. The van der Waals surface area contributed by atoms with Gasteiger partial charge in [0.1, 0.15) is 12.0 Å². The van der Waals surface area contributed by atoms with E-state index in [1.165, 1.54) is 0 Å². The Morgan fingerprint density at radius 1 is 1.22 bits per heavy atom. The van der Waals surface area contributed by atoms with Gasteiger partial charge >= 0.3 is 0 Å². The van der Waals surface area contributed by atoms with E-state index in [4.69, 9.17) is 0 Å². The molecule has 0 aliphatic carbocycles. The van der Waals surface area contributed by atoms with Gasteiger partial charge in [0, 0.05) is 12.0 Å². The lowest BCUT2D eigenvalue weighted by Gasteiger charge is -2.30. The lowest BCUT2D eigenvalue weighted by Crippen LogP contribution is -2.29. The summed E-state index contributed by atoms with van der Waals surface area (Å²) in [5, 5.41) is 9.34. The third kappa shape index (κ3) is 3.84. The van der Waals surface area contributed by atoms with Gasteiger partial charge in [-0.3, -0.25) is 0 Å². The van der Waals surface area contributed by atoms with Gasteiger partial charge < -0.3 is 14.8 Å². The molecule has 0 heterocycles. The van der Waals surface area contributed by atoms with Gasteiger partial charge in [-0.05, 0) is 44.1 Å². The lowest BCUT2D eigenvalue weighted by atomic mass is 9.87. The Labute approximate surface area is 109 Å².